The monoisotopic (exact) mass is 298 g/mol. The highest BCUT2D eigenvalue weighted by atomic mass is 16.4. The zero-order chi connectivity index (χ0) is 16.2. The molecule has 0 bridgehead atoms. The van der Waals surface area contributed by atoms with Gasteiger partial charge < -0.3 is 5.11 Å². The lowest BCUT2D eigenvalue weighted by atomic mass is 9.88. The molecule has 1 fully saturated rings. The maximum atomic E-state index is 10.6. The summed E-state index contributed by atoms with van der Waals surface area (Å²) in [5.74, 6) is -0.883. The maximum Gasteiger partial charge on any atom is 0.328 e. The Hall–Kier alpha value is -1.83. The van der Waals surface area contributed by atoms with Crippen LogP contribution >= 0.6 is 0 Å². The quantitative estimate of drug-likeness (QED) is 0.579. The van der Waals surface area contributed by atoms with Gasteiger partial charge >= 0.3 is 5.97 Å². The van der Waals surface area contributed by atoms with Crippen LogP contribution in [0, 0.1) is 0 Å². The second-order valence-electron chi connectivity index (χ2n) is 6.30. The lowest BCUT2D eigenvalue weighted by Crippen LogP contribution is -2.06. The molecule has 0 atom stereocenters. The van der Waals surface area contributed by atoms with E-state index in [-0.39, 0.29) is 5.41 Å². The van der Waals surface area contributed by atoms with Gasteiger partial charge in [-0.3, -0.25) is 0 Å². The molecule has 0 aromatic heterocycles. The van der Waals surface area contributed by atoms with E-state index in [1.54, 1.807) is 0 Å². The first kappa shape index (κ1) is 16.5. The molecule has 1 aromatic rings. The van der Waals surface area contributed by atoms with Crippen LogP contribution in [0.3, 0.4) is 0 Å². The molecule has 1 aliphatic carbocycles. The van der Waals surface area contributed by atoms with E-state index in [9.17, 15) is 4.79 Å². The van der Waals surface area contributed by atoms with Gasteiger partial charge in [0.05, 0.1) is 0 Å². The summed E-state index contributed by atoms with van der Waals surface area (Å²) in [4.78, 5) is 10.6. The van der Waals surface area contributed by atoms with Gasteiger partial charge in [-0.15, -0.1) is 0 Å². The topological polar surface area (TPSA) is 37.3 Å². The van der Waals surface area contributed by atoms with Crippen LogP contribution in [0.4, 0.5) is 0 Å². The molecule has 0 radical (unpaired) electrons. The third-order valence-electron chi connectivity index (χ3n) is 4.67. The number of benzene rings is 1. The molecule has 0 heterocycles. The van der Waals surface area contributed by atoms with E-state index >= 15 is 0 Å². The van der Waals surface area contributed by atoms with Gasteiger partial charge in [0.15, 0.2) is 0 Å². The second kappa shape index (κ2) is 6.95. The van der Waals surface area contributed by atoms with Crippen molar-refractivity contribution in [1.29, 1.82) is 0 Å². The zero-order valence-corrected chi connectivity index (χ0v) is 13.9. The van der Waals surface area contributed by atoms with Crippen LogP contribution in [-0.2, 0) is 23.1 Å². The average Bonchev–Trinajstić information content (AvgIpc) is 3.26. The lowest BCUT2D eigenvalue weighted by molar-refractivity contribution is -0.131. The molecular weight excluding hydrogens is 272 g/mol. The highest BCUT2D eigenvalue weighted by Gasteiger charge is 2.43. The molecule has 1 N–H and O–H groups in total. The normalized spacial score (nSPS) is 17.0. The molecule has 1 saturated carbocycles. The Morgan fingerprint density at radius 2 is 1.91 bits per heavy atom. The molecule has 22 heavy (non-hydrogen) atoms. The van der Waals surface area contributed by atoms with E-state index < -0.39 is 5.97 Å². The smallest absolute Gasteiger partial charge is 0.328 e. The van der Waals surface area contributed by atoms with Gasteiger partial charge in [-0.1, -0.05) is 44.2 Å². The molecule has 1 aromatic carbocycles. The molecule has 118 valence electrons. The largest absolute Gasteiger partial charge is 0.478 e. The molecule has 0 aliphatic heterocycles. The predicted molar refractivity (Wildman–Crippen MR) is 91.3 cm³/mol. The minimum atomic E-state index is -0.883. The standard InChI is InChI=1S/C20H26O2/c1-4-16-8-9-18(14-17(16)5-2)20(11-12-20)10-6-7-15(3)13-19(21)22/h6-9,13-14H,4-5,10-12H2,1-3H3,(H,21,22)/b7-6+,15-13+. The number of rotatable bonds is 7. The molecule has 0 saturated heterocycles. The van der Waals surface area contributed by atoms with Crippen molar-refractivity contribution in [2.24, 2.45) is 0 Å². The van der Waals surface area contributed by atoms with Gasteiger partial charge in [0, 0.05) is 6.08 Å². The maximum absolute atomic E-state index is 10.6. The van der Waals surface area contributed by atoms with Gasteiger partial charge in [-0.05, 0) is 66.7 Å². The van der Waals surface area contributed by atoms with Gasteiger partial charge in [-0.25, -0.2) is 4.79 Å². The Morgan fingerprint density at radius 3 is 2.45 bits per heavy atom. The minimum absolute atomic E-state index is 0.288. The summed E-state index contributed by atoms with van der Waals surface area (Å²) in [6, 6.07) is 6.96. The van der Waals surface area contributed by atoms with Crippen molar-refractivity contribution in [3.8, 4) is 0 Å². The molecule has 2 nitrogen and oxygen atoms in total. The van der Waals surface area contributed by atoms with Crippen molar-refractivity contribution in [1.82, 2.24) is 0 Å². The van der Waals surface area contributed by atoms with E-state index in [1.165, 1.54) is 35.6 Å². The summed E-state index contributed by atoms with van der Waals surface area (Å²) in [5.41, 5.74) is 5.45. The number of hydrogen-bond acceptors (Lipinski definition) is 1. The number of allylic oxidation sites excluding steroid dienone is 3. The fourth-order valence-corrected chi connectivity index (χ4v) is 3.10. The van der Waals surface area contributed by atoms with Crippen LogP contribution < -0.4 is 0 Å². The highest BCUT2D eigenvalue weighted by molar-refractivity contribution is 5.81. The van der Waals surface area contributed by atoms with Crippen LogP contribution in [0.1, 0.15) is 56.7 Å². The summed E-state index contributed by atoms with van der Waals surface area (Å²) in [5, 5.41) is 8.73. The first-order valence-corrected chi connectivity index (χ1v) is 8.21. The van der Waals surface area contributed by atoms with Crippen molar-refractivity contribution < 1.29 is 9.90 Å². The number of hydrogen-bond donors (Lipinski definition) is 1. The lowest BCUT2D eigenvalue weighted by Gasteiger charge is -2.16. The predicted octanol–water partition coefficient (Wildman–Crippen LogP) is 4.82. The molecule has 2 heteroatoms. The summed E-state index contributed by atoms with van der Waals surface area (Å²) in [6.45, 7) is 6.26. The van der Waals surface area contributed by atoms with E-state index in [4.69, 9.17) is 5.11 Å². The molecule has 1 aliphatic rings. The highest BCUT2D eigenvalue weighted by Crippen LogP contribution is 2.51. The van der Waals surface area contributed by atoms with Crippen LogP contribution in [0.25, 0.3) is 0 Å². The molecule has 0 amide bonds. The number of carbonyl (C=O) groups is 1. The third-order valence-corrected chi connectivity index (χ3v) is 4.67. The van der Waals surface area contributed by atoms with Gasteiger partial charge in [0.2, 0.25) is 0 Å². The number of aryl methyl sites for hydroxylation is 2. The van der Waals surface area contributed by atoms with E-state index in [1.807, 2.05) is 13.0 Å². The summed E-state index contributed by atoms with van der Waals surface area (Å²) < 4.78 is 0. The van der Waals surface area contributed by atoms with Crippen LogP contribution in [-0.4, -0.2) is 11.1 Å². The Labute approximate surface area is 133 Å². The Kier molecular flexibility index (Phi) is 5.23. The van der Waals surface area contributed by atoms with Crippen molar-refractivity contribution in [3.63, 3.8) is 0 Å². The van der Waals surface area contributed by atoms with Crippen LogP contribution in [0.15, 0.2) is 42.0 Å². The van der Waals surface area contributed by atoms with Gasteiger partial charge in [0.25, 0.3) is 0 Å². The second-order valence-corrected chi connectivity index (χ2v) is 6.30. The molecule has 0 unspecified atom stereocenters. The first-order chi connectivity index (χ1) is 10.5. The van der Waals surface area contributed by atoms with E-state index in [0.717, 1.165) is 24.8 Å². The zero-order valence-electron chi connectivity index (χ0n) is 13.9. The fourth-order valence-electron chi connectivity index (χ4n) is 3.10. The number of carboxylic acids is 1. The Bertz CT molecular complexity index is 604. The van der Waals surface area contributed by atoms with Crippen LogP contribution in [0.2, 0.25) is 0 Å². The fraction of sp³-hybridized carbons (Fsp3) is 0.450. The number of carboxylic acid groups (broad SMARTS) is 1. The third kappa shape index (κ3) is 3.88. The van der Waals surface area contributed by atoms with E-state index in [0.29, 0.717) is 0 Å². The molecule has 2 rings (SSSR count). The van der Waals surface area contributed by atoms with Gasteiger partial charge in [-0.2, -0.15) is 0 Å². The molecular formula is C20H26O2. The SMILES string of the molecule is CCc1ccc(C2(C/C=C/C(C)=C/C(=O)O)CC2)cc1CC. The summed E-state index contributed by atoms with van der Waals surface area (Å²) in [6.07, 6.45) is 10.9. The minimum Gasteiger partial charge on any atom is -0.478 e. The first-order valence-electron chi connectivity index (χ1n) is 8.21. The Balaban J connectivity index is 2.12. The van der Waals surface area contributed by atoms with Gasteiger partial charge in [0.1, 0.15) is 0 Å². The average molecular weight is 298 g/mol. The van der Waals surface area contributed by atoms with Crippen molar-refractivity contribution in [3.05, 3.63) is 58.7 Å². The molecule has 0 spiro atoms. The van der Waals surface area contributed by atoms with Crippen molar-refractivity contribution in [2.45, 2.75) is 58.3 Å². The number of aliphatic carboxylic acids is 1. The van der Waals surface area contributed by atoms with Crippen molar-refractivity contribution >= 4 is 5.97 Å². The summed E-state index contributed by atoms with van der Waals surface area (Å²) >= 11 is 0. The van der Waals surface area contributed by atoms with E-state index in [2.05, 4.69) is 38.1 Å². The summed E-state index contributed by atoms with van der Waals surface area (Å²) in [7, 11) is 0. The van der Waals surface area contributed by atoms with Crippen molar-refractivity contribution in [2.75, 3.05) is 0 Å². The Morgan fingerprint density at radius 1 is 1.23 bits per heavy atom. The van der Waals surface area contributed by atoms with Crippen LogP contribution in [0.5, 0.6) is 0 Å².